The van der Waals surface area contributed by atoms with Crippen LogP contribution in [0.4, 0.5) is 13.2 Å². The summed E-state index contributed by atoms with van der Waals surface area (Å²) in [5, 5.41) is 15.5. The minimum Gasteiger partial charge on any atom is -0.386 e. The molecule has 0 saturated heterocycles. The molecule has 0 aromatic carbocycles. The highest BCUT2D eigenvalue weighted by atomic mass is 19.4. The van der Waals surface area contributed by atoms with E-state index in [0.29, 0.717) is 13.0 Å². The van der Waals surface area contributed by atoms with Gasteiger partial charge in [0.1, 0.15) is 11.6 Å². The molecular formula is C18H19F3N4O. The number of ketones is 1. The summed E-state index contributed by atoms with van der Waals surface area (Å²) >= 11 is 0. The highest BCUT2D eigenvalue weighted by molar-refractivity contribution is 5.99. The highest BCUT2D eigenvalue weighted by Crippen LogP contribution is 2.40. The summed E-state index contributed by atoms with van der Waals surface area (Å²) in [6.07, 6.45) is 1.27. The summed E-state index contributed by atoms with van der Waals surface area (Å²) in [5.41, 5.74) is 2.40. The number of carbonyl (C=O) groups excluding carboxylic acids is 1. The van der Waals surface area contributed by atoms with Crippen molar-refractivity contribution in [1.82, 2.24) is 15.1 Å². The molecule has 0 saturated carbocycles. The van der Waals surface area contributed by atoms with Crippen LogP contribution in [0.2, 0.25) is 0 Å². The Morgan fingerprint density at radius 1 is 1.38 bits per heavy atom. The Morgan fingerprint density at radius 2 is 2.12 bits per heavy atom. The van der Waals surface area contributed by atoms with Crippen LogP contribution in [0.25, 0.3) is 0 Å². The minimum absolute atomic E-state index is 0.0182. The molecule has 1 aromatic rings. The van der Waals surface area contributed by atoms with Crippen LogP contribution in [0.1, 0.15) is 50.3 Å². The van der Waals surface area contributed by atoms with Gasteiger partial charge in [-0.2, -0.15) is 23.5 Å². The first-order valence-electron chi connectivity index (χ1n) is 8.55. The number of carbonyl (C=O) groups is 1. The summed E-state index contributed by atoms with van der Waals surface area (Å²) in [5.74, 6) is 0.0182. The van der Waals surface area contributed by atoms with E-state index in [1.54, 1.807) is 6.92 Å². The average molecular weight is 364 g/mol. The fourth-order valence-corrected chi connectivity index (χ4v) is 3.67. The molecule has 138 valence electrons. The molecule has 0 atom stereocenters. The second kappa shape index (κ2) is 6.98. The Morgan fingerprint density at radius 3 is 2.73 bits per heavy atom. The van der Waals surface area contributed by atoms with Crippen LogP contribution in [0.5, 0.6) is 0 Å². The molecule has 0 bridgehead atoms. The summed E-state index contributed by atoms with van der Waals surface area (Å²) in [4.78, 5) is 12.0. The molecule has 0 amide bonds. The van der Waals surface area contributed by atoms with Crippen LogP contribution in [0.15, 0.2) is 28.6 Å². The van der Waals surface area contributed by atoms with E-state index in [1.165, 1.54) is 11.6 Å². The van der Waals surface area contributed by atoms with Crippen molar-refractivity contribution in [2.45, 2.75) is 51.7 Å². The van der Waals surface area contributed by atoms with E-state index < -0.39 is 17.4 Å². The van der Waals surface area contributed by atoms with Crippen molar-refractivity contribution in [1.29, 1.82) is 5.26 Å². The molecular weight excluding hydrogens is 345 g/mol. The maximum absolute atomic E-state index is 12.8. The van der Waals surface area contributed by atoms with E-state index >= 15 is 0 Å². The number of nitriles is 1. The third-order valence-corrected chi connectivity index (χ3v) is 4.76. The lowest BCUT2D eigenvalue weighted by molar-refractivity contribution is -0.141. The number of Topliss-reactive ketones (excluding diaryl/α,β-unsaturated/α-hetero) is 1. The van der Waals surface area contributed by atoms with Crippen molar-refractivity contribution < 1.29 is 18.0 Å². The van der Waals surface area contributed by atoms with Gasteiger partial charge in [-0.3, -0.25) is 9.48 Å². The lowest BCUT2D eigenvalue weighted by atomic mass is 9.90. The molecule has 26 heavy (non-hydrogen) atoms. The van der Waals surface area contributed by atoms with Gasteiger partial charge in [-0.05, 0) is 38.2 Å². The first-order valence-corrected chi connectivity index (χ1v) is 8.55. The Balaban J connectivity index is 1.69. The standard InChI is InChI=1S/C18H19F3N4O/c1-11(26)16-14-5-3-2-4-12(14)8-15(16)23-6-7-25-10-13(9-22)17(24-25)18(19,20)21/h10,23H,2-8H2,1H3. The van der Waals surface area contributed by atoms with Crippen LogP contribution in [0.3, 0.4) is 0 Å². The fraction of sp³-hybridized carbons (Fsp3) is 0.500. The molecule has 0 aliphatic heterocycles. The maximum atomic E-state index is 12.8. The van der Waals surface area contributed by atoms with E-state index in [2.05, 4.69) is 10.4 Å². The summed E-state index contributed by atoms with van der Waals surface area (Å²) < 4.78 is 39.6. The molecule has 5 nitrogen and oxygen atoms in total. The second-order valence-corrected chi connectivity index (χ2v) is 6.57. The van der Waals surface area contributed by atoms with Gasteiger partial charge in [0.25, 0.3) is 0 Å². The third-order valence-electron chi connectivity index (χ3n) is 4.76. The topological polar surface area (TPSA) is 70.7 Å². The zero-order chi connectivity index (χ0) is 18.9. The van der Waals surface area contributed by atoms with Gasteiger partial charge in [0.2, 0.25) is 0 Å². The maximum Gasteiger partial charge on any atom is 0.436 e. The van der Waals surface area contributed by atoms with Crippen LogP contribution < -0.4 is 5.32 Å². The summed E-state index contributed by atoms with van der Waals surface area (Å²) in [6.45, 7) is 2.05. The second-order valence-electron chi connectivity index (χ2n) is 6.57. The number of hydrogen-bond acceptors (Lipinski definition) is 4. The molecule has 3 rings (SSSR count). The van der Waals surface area contributed by atoms with E-state index in [0.717, 1.165) is 53.4 Å². The van der Waals surface area contributed by atoms with Crippen molar-refractivity contribution in [2.24, 2.45) is 0 Å². The Kier molecular flexibility index (Phi) is 4.90. The Bertz CT molecular complexity index is 840. The number of halogens is 3. The number of aromatic nitrogens is 2. The SMILES string of the molecule is CC(=O)C1=C(NCCn2cc(C#N)c(C(F)(F)F)n2)CC2=C1CCCC2. The molecule has 2 aliphatic rings. The van der Waals surface area contributed by atoms with Gasteiger partial charge in [0.05, 0.1) is 6.54 Å². The van der Waals surface area contributed by atoms with E-state index in [1.807, 2.05) is 0 Å². The normalized spacial score (nSPS) is 17.3. The quantitative estimate of drug-likeness (QED) is 0.868. The molecule has 0 fully saturated rings. The van der Waals surface area contributed by atoms with Crippen molar-refractivity contribution in [3.05, 3.63) is 39.9 Å². The lowest BCUT2D eigenvalue weighted by Crippen LogP contribution is -2.21. The Hall–Kier alpha value is -2.56. The van der Waals surface area contributed by atoms with Crippen molar-refractivity contribution in [2.75, 3.05) is 6.54 Å². The number of nitrogens with one attached hydrogen (secondary N) is 1. The van der Waals surface area contributed by atoms with Gasteiger partial charge in [-0.1, -0.05) is 5.57 Å². The van der Waals surface area contributed by atoms with Gasteiger partial charge >= 0.3 is 6.18 Å². The molecule has 8 heteroatoms. The number of nitrogens with zero attached hydrogens (tertiary/aromatic N) is 3. The average Bonchev–Trinajstić information content (AvgIpc) is 3.15. The summed E-state index contributed by atoms with van der Waals surface area (Å²) in [6, 6.07) is 1.53. The molecule has 0 unspecified atom stereocenters. The van der Waals surface area contributed by atoms with Crippen LogP contribution in [-0.4, -0.2) is 22.1 Å². The van der Waals surface area contributed by atoms with Crippen LogP contribution in [-0.2, 0) is 17.5 Å². The van der Waals surface area contributed by atoms with Gasteiger partial charge < -0.3 is 5.32 Å². The van der Waals surface area contributed by atoms with Crippen molar-refractivity contribution >= 4 is 5.78 Å². The smallest absolute Gasteiger partial charge is 0.386 e. The predicted molar refractivity (Wildman–Crippen MR) is 87.8 cm³/mol. The Labute approximate surface area is 149 Å². The fourth-order valence-electron chi connectivity index (χ4n) is 3.67. The zero-order valence-electron chi connectivity index (χ0n) is 14.4. The molecule has 1 heterocycles. The van der Waals surface area contributed by atoms with Crippen LogP contribution >= 0.6 is 0 Å². The molecule has 0 spiro atoms. The summed E-state index contributed by atoms with van der Waals surface area (Å²) in [7, 11) is 0. The monoisotopic (exact) mass is 364 g/mol. The van der Waals surface area contributed by atoms with Gasteiger partial charge in [0.15, 0.2) is 11.5 Å². The lowest BCUT2D eigenvalue weighted by Gasteiger charge is -2.14. The number of hydrogen-bond donors (Lipinski definition) is 1. The van der Waals surface area contributed by atoms with E-state index in [-0.39, 0.29) is 12.3 Å². The zero-order valence-corrected chi connectivity index (χ0v) is 14.4. The highest BCUT2D eigenvalue weighted by Gasteiger charge is 2.37. The molecule has 1 N–H and O–H groups in total. The minimum atomic E-state index is -4.65. The van der Waals surface area contributed by atoms with E-state index in [9.17, 15) is 18.0 Å². The van der Waals surface area contributed by atoms with Gasteiger partial charge in [-0.15, -0.1) is 0 Å². The predicted octanol–water partition coefficient (Wildman–Crippen LogP) is 3.48. The number of rotatable bonds is 5. The van der Waals surface area contributed by atoms with E-state index in [4.69, 9.17) is 5.26 Å². The molecule has 2 aliphatic carbocycles. The number of alkyl halides is 3. The van der Waals surface area contributed by atoms with Gasteiger partial charge in [0, 0.05) is 30.4 Å². The van der Waals surface area contributed by atoms with Crippen molar-refractivity contribution in [3.63, 3.8) is 0 Å². The first kappa shape index (κ1) is 18.2. The third kappa shape index (κ3) is 3.52. The van der Waals surface area contributed by atoms with Gasteiger partial charge in [-0.25, -0.2) is 0 Å². The molecule has 1 aromatic heterocycles. The number of allylic oxidation sites excluding steroid dienone is 3. The largest absolute Gasteiger partial charge is 0.436 e. The van der Waals surface area contributed by atoms with Crippen molar-refractivity contribution in [3.8, 4) is 6.07 Å². The first-order chi connectivity index (χ1) is 12.3. The molecule has 0 radical (unpaired) electrons. The van der Waals surface area contributed by atoms with Crippen LogP contribution in [0, 0.1) is 11.3 Å².